The van der Waals surface area contributed by atoms with Gasteiger partial charge in [0.05, 0.1) is 0 Å². The molecular formula is C29H25Cl. The minimum atomic E-state index is 0.228. The van der Waals surface area contributed by atoms with Gasteiger partial charge in [0, 0.05) is 10.4 Å². The highest BCUT2D eigenvalue weighted by Gasteiger charge is 2.76. The van der Waals surface area contributed by atoms with Crippen molar-refractivity contribution in [1.29, 1.82) is 0 Å². The van der Waals surface area contributed by atoms with E-state index in [9.17, 15) is 0 Å². The molecule has 30 heavy (non-hydrogen) atoms. The Labute approximate surface area is 183 Å². The summed E-state index contributed by atoms with van der Waals surface area (Å²) < 4.78 is 0. The first-order valence-electron chi connectivity index (χ1n) is 11.7. The number of rotatable bonds is 1. The van der Waals surface area contributed by atoms with Crippen molar-refractivity contribution in [3.05, 3.63) is 82.9 Å². The molecule has 0 N–H and O–H groups in total. The molecule has 0 heterocycles. The predicted octanol–water partition coefficient (Wildman–Crippen LogP) is 7.73. The number of halogens is 1. The Bertz CT molecular complexity index is 1230. The van der Waals surface area contributed by atoms with Gasteiger partial charge in [0.25, 0.3) is 0 Å². The maximum absolute atomic E-state index is 6.60. The molecule has 3 bridgehead atoms. The molecule has 0 amide bonds. The molecule has 0 nitrogen and oxygen atoms in total. The van der Waals surface area contributed by atoms with Crippen LogP contribution in [-0.2, 0) is 5.41 Å². The second kappa shape index (κ2) is 5.22. The normalized spacial score (nSPS) is 38.4. The van der Waals surface area contributed by atoms with Gasteiger partial charge in [-0.05, 0) is 107 Å². The van der Waals surface area contributed by atoms with Crippen LogP contribution in [0.2, 0.25) is 5.02 Å². The van der Waals surface area contributed by atoms with E-state index in [0.717, 1.165) is 28.7 Å². The van der Waals surface area contributed by atoms with Gasteiger partial charge in [0.1, 0.15) is 0 Å². The van der Waals surface area contributed by atoms with Gasteiger partial charge in [-0.3, -0.25) is 0 Å². The van der Waals surface area contributed by atoms with Crippen LogP contribution >= 0.6 is 11.6 Å². The van der Waals surface area contributed by atoms with Crippen LogP contribution in [0, 0.1) is 29.1 Å². The lowest BCUT2D eigenvalue weighted by atomic mass is 9.49. The van der Waals surface area contributed by atoms with E-state index in [1.807, 2.05) is 0 Å². The van der Waals surface area contributed by atoms with E-state index in [4.69, 9.17) is 11.6 Å². The summed E-state index contributed by atoms with van der Waals surface area (Å²) in [4.78, 5) is 0. The van der Waals surface area contributed by atoms with Crippen LogP contribution in [0.5, 0.6) is 0 Å². The maximum atomic E-state index is 6.60. The standard InChI is InChI=1S/C29H25Cl/c30-21-9-10-24-23(14-21)27-22(18-5-2-1-3-6-18)7-4-8-25(27)29(24)20-12-17-11-19-13-26(29)28(19,15-17)16-20/h1-10,14,17,19-20,26H,11-13,15-16H2. The van der Waals surface area contributed by atoms with E-state index in [-0.39, 0.29) is 5.41 Å². The molecule has 6 atom stereocenters. The summed E-state index contributed by atoms with van der Waals surface area (Å²) in [7, 11) is 0. The van der Waals surface area contributed by atoms with Crippen molar-refractivity contribution >= 4 is 11.6 Å². The van der Waals surface area contributed by atoms with Gasteiger partial charge in [-0.15, -0.1) is 0 Å². The average Bonchev–Trinajstić information content (AvgIpc) is 3.22. The summed E-state index contributed by atoms with van der Waals surface area (Å²) in [6.45, 7) is 0. The lowest BCUT2D eigenvalue weighted by Crippen LogP contribution is -2.50. The largest absolute Gasteiger partial charge is 0.0843 e. The molecule has 5 aliphatic rings. The maximum Gasteiger partial charge on any atom is 0.0412 e. The fourth-order valence-electron chi connectivity index (χ4n) is 9.42. The highest BCUT2D eigenvalue weighted by atomic mass is 35.5. The van der Waals surface area contributed by atoms with Crippen molar-refractivity contribution < 1.29 is 0 Å². The first-order valence-corrected chi connectivity index (χ1v) is 12.1. The SMILES string of the molecule is Clc1ccc2c(c1)-c1c(-c3ccccc3)cccc1C21C2CC3CC4CC1C4(C3)C2. The highest BCUT2D eigenvalue weighted by Crippen LogP contribution is 2.83. The Balaban J connectivity index is 1.47. The zero-order valence-electron chi connectivity index (χ0n) is 17.1. The molecule has 4 saturated carbocycles. The van der Waals surface area contributed by atoms with Gasteiger partial charge < -0.3 is 0 Å². The van der Waals surface area contributed by atoms with Gasteiger partial charge in [0.15, 0.2) is 0 Å². The van der Waals surface area contributed by atoms with Gasteiger partial charge in [-0.25, -0.2) is 0 Å². The molecule has 148 valence electrons. The number of hydrogen-bond acceptors (Lipinski definition) is 0. The van der Waals surface area contributed by atoms with Gasteiger partial charge in [0.2, 0.25) is 0 Å². The minimum absolute atomic E-state index is 0.228. The van der Waals surface area contributed by atoms with E-state index in [1.165, 1.54) is 54.4 Å². The molecular weight excluding hydrogens is 384 g/mol. The third-order valence-corrected chi connectivity index (χ3v) is 10.3. The van der Waals surface area contributed by atoms with Crippen molar-refractivity contribution in [1.82, 2.24) is 0 Å². The predicted molar refractivity (Wildman–Crippen MR) is 123 cm³/mol. The van der Waals surface area contributed by atoms with E-state index in [0.29, 0.717) is 5.41 Å². The fraction of sp³-hybridized carbons (Fsp3) is 0.379. The van der Waals surface area contributed by atoms with E-state index < -0.39 is 0 Å². The zero-order chi connectivity index (χ0) is 19.7. The van der Waals surface area contributed by atoms with Crippen molar-refractivity contribution in [2.75, 3.05) is 0 Å². The van der Waals surface area contributed by atoms with Gasteiger partial charge in [-0.2, -0.15) is 0 Å². The van der Waals surface area contributed by atoms with Crippen LogP contribution in [-0.4, -0.2) is 0 Å². The van der Waals surface area contributed by atoms with Crippen LogP contribution in [0.1, 0.15) is 43.2 Å². The third kappa shape index (κ3) is 1.65. The number of fused-ring (bicyclic) bond motifs is 9. The van der Waals surface area contributed by atoms with E-state index in [1.54, 1.807) is 11.1 Å². The van der Waals surface area contributed by atoms with Crippen molar-refractivity contribution in [2.24, 2.45) is 29.1 Å². The molecule has 0 radical (unpaired) electrons. The van der Waals surface area contributed by atoms with Crippen LogP contribution in [0.25, 0.3) is 22.3 Å². The second-order valence-electron chi connectivity index (χ2n) is 10.8. The second-order valence-corrected chi connectivity index (χ2v) is 11.3. The Morgan fingerprint density at radius 3 is 2.50 bits per heavy atom. The first-order chi connectivity index (χ1) is 14.7. The summed E-state index contributed by atoms with van der Waals surface area (Å²) in [5.74, 6) is 3.63. The van der Waals surface area contributed by atoms with E-state index >= 15 is 0 Å². The molecule has 2 spiro atoms. The first kappa shape index (κ1) is 16.6. The molecule has 4 fully saturated rings. The Hall–Kier alpha value is -2.05. The highest BCUT2D eigenvalue weighted by molar-refractivity contribution is 6.31. The smallest absolute Gasteiger partial charge is 0.0412 e. The average molecular weight is 409 g/mol. The number of benzene rings is 3. The summed E-state index contributed by atoms with van der Waals surface area (Å²) in [5, 5.41) is 0.867. The molecule has 6 unspecified atom stereocenters. The monoisotopic (exact) mass is 408 g/mol. The molecule has 8 rings (SSSR count). The van der Waals surface area contributed by atoms with Crippen molar-refractivity contribution in [3.8, 4) is 22.3 Å². The van der Waals surface area contributed by atoms with Crippen LogP contribution < -0.4 is 0 Å². The number of hydrogen-bond donors (Lipinski definition) is 0. The molecule has 3 aromatic carbocycles. The van der Waals surface area contributed by atoms with Gasteiger partial charge in [-0.1, -0.05) is 66.2 Å². The van der Waals surface area contributed by atoms with Crippen LogP contribution in [0.3, 0.4) is 0 Å². The summed E-state index contributed by atoms with van der Waals surface area (Å²) in [6, 6.07) is 24.9. The molecule has 1 heteroatoms. The van der Waals surface area contributed by atoms with Crippen LogP contribution in [0.15, 0.2) is 66.7 Å². The Morgan fingerprint density at radius 1 is 0.733 bits per heavy atom. The summed E-state index contributed by atoms with van der Waals surface area (Å²) >= 11 is 6.60. The summed E-state index contributed by atoms with van der Waals surface area (Å²) in [6.07, 6.45) is 7.39. The third-order valence-electron chi connectivity index (χ3n) is 10.0. The molecule has 3 aromatic rings. The molecule has 0 aromatic heterocycles. The topological polar surface area (TPSA) is 0 Å². The zero-order valence-corrected chi connectivity index (χ0v) is 17.8. The Morgan fingerprint density at radius 2 is 1.60 bits per heavy atom. The molecule has 0 aliphatic heterocycles. The van der Waals surface area contributed by atoms with Crippen LogP contribution in [0.4, 0.5) is 0 Å². The molecule has 5 aliphatic carbocycles. The quantitative estimate of drug-likeness (QED) is 0.386. The lowest BCUT2D eigenvalue weighted by Gasteiger charge is -2.54. The lowest BCUT2D eigenvalue weighted by molar-refractivity contribution is -0.0193. The fourth-order valence-corrected chi connectivity index (χ4v) is 9.59. The van der Waals surface area contributed by atoms with E-state index in [2.05, 4.69) is 66.7 Å². The van der Waals surface area contributed by atoms with Gasteiger partial charge >= 0.3 is 0 Å². The Kier molecular flexibility index (Phi) is 2.89. The van der Waals surface area contributed by atoms with Crippen molar-refractivity contribution in [3.63, 3.8) is 0 Å². The minimum Gasteiger partial charge on any atom is -0.0843 e. The molecule has 0 saturated heterocycles. The van der Waals surface area contributed by atoms with Crippen molar-refractivity contribution in [2.45, 2.75) is 37.5 Å². The summed E-state index contributed by atoms with van der Waals surface area (Å²) in [5.41, 5.74) is 9.70.